The predicted molar refractivity (Wildman–Crippen MR) is 113 cm³/mol. The van der Waals surface area contributed by atoms with Crippen molar-refractivity contribution in [3.05, 3.63) is 48.5 Å². The van der Waals surface area contributed by atoms with Gasteiger partial charge >= 0.3 is 0 Å². The highest BCUT2D eigenvalue weighted by molar-refractivity contribution is 7.22. The summed E-state index contributed by atoms with van der Waals surface area (Å²) in [5.74, 6) is 0. The summed E-state index contributed by atoms with van der Waals surface area (Å²) in [6.07, 6.45) is 0. The zero-order valence-electron chi connectivity index (χ0n) is 14.2. The fourth-order valence-corrected chi connectivity index (χ4v) is 3.88. The second-order valence-electron chi connectivity index (χ2n) is 5.59. The van der Waals surface area contributed by atoms with Crippen molar-refractivity contribution in [3.63, 3.8) is 0 Å². The van der Waals surface area contributed by atoms with E-state index in [1.165, 1.54) is 0 Å². The molecular formula is C18H16N6S2. The molecule has 0 aliphatic carbocycles. The number of para-hydroxylation sites is 2. The van der Waals surface area contributed by atoms with Crippen LogP contribution >= 0.6 is 22.7 Å². The smallest absolute Gasteiger partial charge is 0.204 e. The Morgan fingerprint density at radius 2 is 1.15 bits per heavy atom. The summed E-state index contributed by atoms with van der Waals surface area (Å²) >= 11 is 3.14. The number of thiazole rings is 2. The Labute approximate surface area is 158 Å². The third kappa shape index (κ3) is 3.56. The molecule has 4 rings (SSSR count). The molecule has 0 atom stereocenters. The van der Waals surface area contributed by atoms with E-state index >= 15 is 0 Å². The summed E-state index contributed by atoms with van der Waals surface area (Å²) < 4.78 is 2.26. The summed E-state index contributed by atoms with van der Waals surface area (Å²) in [5, 5.41) is 10.3. The van der Waals surface area contributed by atoms with E-state index in [0.29, 0.717) is 0 Å². The standard InChI is InChI=1S/C18H16N6S2/c1-11(21-23-17-19-13-7-3-5-9-15(13)25-17)12(2)22-24-18-20-14-8-4-6-10-16(14)26-18/h3-10H,1-2H3,(H,19,23)(H,20,24)/b21-11-,22-12+. The van der Waals surface area contributed by atoms with Gasteiger partial charge in [-0.1, -0.05) is 46.9 Å². The molecule has 0 amide bonds. The van der Waals surface area contributed by atoms with Crippen LogP contribution in [0.3, 0.4) is 0 Å². The second kappa shape index (κ2) is 7.19. The Morgan fingerprint density at radius 3 is 1.58 bits per heavy atom. The molecule has 0 unspecified atom stereocenters. The van der Waals surface area contributed by atoms with Gasteiger partial charge in [-0.25, -0.2) is 9.97 Å². The van der Waals surface area contributed by atoms with Gasteiger partial charge in [-0.15, -0.1) is 0 Å². The van der Waals surface area contributed by atoms with Crippen molar-refractivity contribution in [1.82, 2.24) is 9.97 Å². The van der Waals surface area contributed by atoms with E-state index in [4.69, 9.17) is 0 Å². The van der Waals surface area contributed by atoms with Crippen LogP contribution in [0.15, 0.2) is 58.7 Å². The average molecular weight is 381 g/mol. The topological polar surface area (TPSA) is 74.6 Å². The van der Waals surface area contributed by atoms with Crippen LogP contribution in [0.5, 0.6) is 0 Å². The van der Waals surface area contributed by atoms with Crippen LogP contribution in [0.1, 0.15) is 13.8 Å². The molecule has 8 heteroatoms. The number of anilines is 2. The summed E-state index contributed by atoms with van der Waals surface area (Å²) in [6, 6.07) is 16.0. The van der Waals surface area contributed by atoms with Gasteiger partial charge in [-0.3, -0.25) is 10.9 Å². The van der Waals surface area contributed by atoms with Crippen LogP contribution in [0.2, 0.25) is 0 Å². The highest BCUT2D eigenvalue weighted by Crippen LogP contribution is 2.26. The summed E-state index contributed by atoms with van der Waals surface area (Å²) in [6.45, 7) is 3.80. The van der Waals surface area contributed by atoms with E-state index in [-0.39, 0.29) is 0 Å². The number of aromatic nitrogens is 2. The van der Waals surface area contributed by atoms with Gasteiger partial charge in [-0.05, 0) is 38.1 Å². The molecule has 4 aromatic rings. The number of benzene rings is 2. The lowest BCUT2D eigenvalue weighted by molar-refractivity contribution is 1.28. The fourth-order valence-electron chi connectivity index (χ4n) is 2.27. The normalized spacial score (nSPS) is 12.7. The zero-order chi connectivity index (χ0) is 17.9. The molecule has 0 spiro atoms. The molecule has 2 aromatic carbocycles. The van der Waals surface area contributed by atoms with Crippen molar-refractivity contribution >= 4 is 64.8 Å². The minimum Gasteiger partial charge on any atom is -0.252 e. The predicted octanol–water partition coefficient (Wildman–Crippen LogP) is 5.18. The first-order valence-corrected chi connectivity index (χ1v) is 9.64. The largest absolute Gasteiger partial charge is 0.252 e. The van der Waals surface area contributed by atoms with E-state index in [2.05, 4.69) is 31.0 Å². The Balaban J connectivity index is 1.44. The Kier molecular flexibility index (Phi) is 4.59. The lowest BCUT2D eigenvalue weighted by Crippen LogP contribution is -2.10. The minimum absolute atomic E-state index is 0.762. The third-order valence-electron chi connectivity index (χ3n) is 3.75. The molecule has 2 N–H and O–H groups in total. The van der Waals surface area contributed by atoms with Crippen molar-refractivity contribution < 1.29 is 0 Å². The number of fused-ring (bicyclic) bond motifs is 2. The Hall–Kier alpha value is -2.84. The summed E-state index contributed by atoms with van der Waals surface area (Å²) in [5.41, 5.74) is 9.50. The van der Waals surface area contributed by atoms with Gasteiger partial charge in [0, 0.05) is 0 Å². The van der Waals surface area contributed by atoms with Gasteiger partial charge in [0.15, 0.2) is 0 Å². The first-order valence-electron chi connectivity index (χ1n) is 8.01. The minimum atomic E-state index is 0.762. The van der Waals surface area contributed by atoms with Crippen LogP contribution < -0.4 is 10.9 Å². The summed E-state index contributed by atoms with van der Waals surface area (Å²) in [4.78, 5) is 9.00. The summed E-state index contributed by atoms with van der Waals surface area (Å²) in [7, 11) is 0. The molecule has 0 fully saturated rings. The maximum Gasteiger partial charge on any atom is 0.204 e. The van der Waals surface area contributed by atoms with Crippen LogP contribution in [0.25, 0.3) is 20.4 Å². The van der Waals surface area contributed by atoms with Crippen LogP contribution in [0, 0.1) is 0 Å². The highest BCUT2D eigenvalue weighted by Gasteiger charge is 2.04. The molecule has 0 radical (unpaired) electrons. The molecular weight excluding hydrogens is 364 g/mol. The van der Waals surface area contributed by atoms with E-state index < -0.39 is 0 Å². The number of nitrogens with zero attached hydrogens (tertiary/aromatic N) is 4. The SMILES string of the molecule is CC(=N/Nc1nc2ccccc2s1)/C(C)=N/Nc1nc2ccccc2s1. The van der Waals surface area contributed by atoms with E-state index in [1.807, 2.05) is 62.4 Å². The molecule has 26 heavy (non-hydrogen) atoms. The maximum atomic E-state index is 4.50. The molecule has 0 aliphatic rings. The number of nitrogens with one attached hydrogen (secondary N) is 2. The average Bonchev–Trinajstić information content (AvgIpc) is 3.27. The molecule has 2 aromatic heterocycles. The fraction of sp³-hybridized carbons (Fsp3) is 0.111. The third-order valence-corrected chi connectivity index (χ3v) is 5.63. The lowest BCUT2D eigenvalue weighted by atomic mass is 10.3. The van der Waals surface area contributed by atoms with Crippen molar-refractivity contribution in [2.75, 3.05) is 10.9 Å². The van der Waals surface area contributed by atoms with E-state index in [0.717, 1.165) is 42.1 Å². The highest BCUT2D eigenvalue weighted by atomic mass is 32.1. The van der Waals surface area contributed by atoms with Crippen molar-refractivity contribution in [2.45, 2.75) is 13.8 Å². The van der Waals surface area contributed by atoms with Crippen LogP contribution in [-0.2, 0) is 0 Å². The Bertz CT molecular complexity index is 969. The monoisotopic (exact) mass is 380 g/mol. The van der Waals surface area contributed by atoms with Crippen molar-refractivity contribution in [1.29, 1.82) is 0 Å². The van der Waals surface area contributed by atoms with Crippen LogP contribution in [0.4, 0.5) is 10.3 Å². The van der Waals surface area contributed by atoms with Gasteiger partial charge in [0.05, 0.1) is 31.9 Å². The second-order valence-corrected chi connectivity index (χ2v) is 7.65. The molecule has 0 bridgehead atoms. The van der Waals surface area contributed by atoms with Gasteiger partial charge in [0.2, 0.25) is 10.3 Å². The number of hydrogen-bond donors (Lipinski definition) is 2. The van der Waals surface area contributed by atoms with E-state index in [9.17, 15) is 0 Å². The molecule has 0 saturated heterocycles. The van der Waals surface area contributed by atoms with Gasteiger partial charge in [-0.2, -0.15) is 10.2 Å². The van der Waals surface area contributed by atoms with Crippen LogP contribution in [-0.4, -0.2) is 21.4 Å². The first kappa shape index (κ1) is 16.6. The van der Waals surface area contributed by atoms with Crippen molar-refractivity contribution in [3.8, 4) is 0 Å². The van der Waals surface area contributed by atoms with Gasteiger partial charge in [0.1, 0.15) is 0 Å². The first-order chi connectivity index (χ1) is 12.7. The van der Waals surface area contributed by atoms with E-state index in [1.54, 1.807) is 22.7 Å². The number of hydrogen-bond acceptors (Lipinski definition) is 8. The lowest BCUT2D eigenvalue weighted by Gasteiger charge is -2.01. The van der Waals surface area contributed by atoms with Gasteiger partial charge in [0.25, 0.3) is 0 Å². The van der Waals surface area contributed by atoms with Crippen molar-refractivity contribution in [2.24, 2.45) is 10.2 Å². The zero-order valence-corrected chi connectivity index (χ0v) is 15.9. The number of rotatable bonds is 5. The van der Waals surface area contributed by atoms with Gasteiger partial charge < -0.3 is 0 Å². The maximum absolute atomic E-state index is 4.50. The molecule has 0 aliphatic heterocycles. The molecule has 2 heterocycles. The quantitative estimate of drug-likeness (QED) is 0.369. The number of hydrazone groups is 2. The molecule has 0 saturated carbocycles. The Morgan fingerprint density at radius 1 is 0.731 bits per heavy atom. The molecule has 6 nitrogen and oxygen atoms in total. The molecule has 130 valence electrons.